The van der Waals surface area contributed by atoms with E-state index in [1.807, 2.05) is 12.4 Å². The molecule has 18 heavy (non-hydrogen) atoms. The lowest BCUT2D eigenvalue weighted by atomic mass is 10.0. The van der Waals surface area contributed by atoms with Crippen molar-refractivity contribution in [1.29, 1.82) is 0 Å². The van der Waals surface area contributed by atoms with Gasteiger partial charge in [0.1, 0.15) is 0 Å². The molecule has 1 unspecified atom stereocenters. The second-order valence-corrected chi connectivity index (χ2v) is 4.75. The quantitative estimate of drug-likeness (QED) is 0.778. The maximum atomic E-state index is 5.06. The molecule has 1 atom stereocenters. The Morgan fingerprint density at radius 2 is 2.22 bits per heavy atom. The van der Waals surface area contributed by atoms with Gasteiger partial charge in [0.15, 0.2) is 0 Å². The van der Waals surface area contributed by atoms with Gasteiger partial charge < -0.3 is 15.0 Å². The normalized spacial score (nSPS) is 20.1. The van der Waals surface area contributed by atoms with E-state index in [1.165, 1.54) is 24.9 Å². The topological polar surface area (TPSA) is 37.4 Å². The van der Waals surface area contributed by atoms with Gasteiger partial charge in [-0.1, -0.05) is 0 Å². The van der Waals surface area contributed by atoms with Crippen LogP contribution in [0.3, 0.4) is 0 Å². The summed E-state index contributed by atoms with van der Waals surface area (Å²) < 4.78 is 5.06. The van der Waals surface area contributed by atoms with Crippen LogP contribution < -0.4 is 10.2 Å². The van der Waals surface area contributed by atoms with Crippen LogP contribution in [0, 0.1) is 0 Å². The maximum absolute atomic E-state index is 5.06. The van der Waals surface area contributed by atoms with Crippen LogP contribution in [0.2, 0.25) is 0 Å². The molecule has 1 aliphatic heterocycles. The van der Waals surface area contributed by atoms with Gasteiger partial charge in [0.05, 0.1) is 6.61 Å². The molecule has 100 valence electrons. The number of methoxy groups -OCH3 is 1. The first kappa shape index (κ1) is 13.3. The Hall–Kier alpha value is -1.13. The highest BCUT2D eigenvalue weighted by molar-refractivity contribution is 5.46. The van der Waals surface area contributed by atoms with Crippen molar-refractivity contribution in [3.8, 4) is 0 Å². The summed E-state index contributed by atoms with van der Waals surface area (Å²) in [6, 6.07) is 4.80. The number of piperidine rings is 1. The molecule has 0 aliphatic carbocycles. The molecule has 0 bridgehead atoms. The van der Waals surface area contributed by atoms with Crippen molar-refractivity contribution in [2.45, 2.75) is 25.3 Å². The van der Waals surface area contributed by atoms with Crippen LogP contribution in [0.15, 0.2) is 24.5 Å². The molecule has 0 spiro atoms. The first-order valence-corrected chi connectivity index (χ1v) is 6.78. The Morgan fingerprint density at radius 3 is 3.00 bits per heavy atom. The Bertz CT molecular complexity index is 331. The lowest BCUT2D eigenvalue weighted by Crippen LogP contribution is -2.46. The third-order valence-electron chi connectivity index (χ3n) is 3.48. The molecular weight excluding hydrogens is 226 g/mol. The fourth-order valence-corrected chi connectivity index (χ4v) is 2.53. The predicted molar refractivity (Wildman–Crippen MR) is 74.0 cm³/mol. The molecule has 1 aliphatic rings. The molecule has 1 aromatic rings. The van der Waals surface area contributed by atoms with Crippen molar-refractivity contribution in [2.24, 2.45) is 0 Å². The molecule has 1 fully saturated rings. The van der Waals surface area contributed by atoms with Crippen LogP contribution in [0.1, 0.15) is 19.3 Å². The summed E-state index contributed by atoms with van der Waals surface area (Å²) in [5.41, 5.74) is 1.29. The highest BCUT2D eigenvalue weighted by Gasteiger charge is 2.21. The van der Waals surface area contributed by atoms with E-state index < -0.39 is 0 Å². The van der Waals surface area contributed by atoms with E-state index in [4.69, 9.17) is 4.74 Å². The largest absolute Gasteiger partial charge is 0.383 e. The van der Waals surface area contributed by atoms with Gasteiger partial charge in [0, 0.05) is 50.9 Å². The predicted octanol–water partition coefficient (Wildman–Crippen LogP) is 1.68. The van der Waals surface area contributed by atoms with Gasteiger partial charge in [-0.3, -0.25) is 4.98 Å². The third-order valence-corrected chi connectivity index (χ3v) is 3.48. The molecule has 0 saturated carbocycles. The van der Waals surface area contributed by atoms with Gasteiger partial charge in [-0.05, 0) is 31.4 Å². The standard InChI is InChI=1S/C14H23N3O/c1-18-11-9-16-12-14-4-2-3-10-17(14)13-5-7-15-8-6-13/h5-8,14,16H,2-4,9-12H2,1H3. The van der Waals surface area contributed by atoms with Gasteiger partial charge in [0.25, 0.3) is 0 Å². The number of pyridine rings is 1. The van der Waals surface area contributed by atoms with Crippen molar-refractivity contribution >= 4 is 5.69 Å². The maximum Gasteiger partial charge on any atom is 0.0587 e. The van der Waals surface area contributed by atoms with E-state index in [0.717, 1.165) is 26.2 Å². The minimum atomic E-state index is 0.595. The van der Waals surface area contributed by atoms with Crippen LogP contribution in [-0.4, -0.2) is 44.4 Å². The summed E-state index contributed by atoms with van der Waals surface area (Å²) >= 11 is 0. The van der Waals surface area contributed by atoms with Crippen molar-refractivity contribution < 1.29 is 4.74 Å². The van der Waals surface area contributed by atoms with Crippen molar-refractivity contribution in [3.63, 3.8) is 0 Å². The SMILES string of the molecule is COCCNCC1CCCCN1c1ccncc1. The molecule has 2 heterocycles. The van der Waals surface area contributed by atoms with E-state index in [0.29, 0.717) is 6.04 Å². The number of nitrogens with zero attached hydrogens (tertiary/aromatic N) is 2. The zero-order valence-electron chi connectivity index (χ0n) is 11.1. The number of nitrogens with one attached hydrogen (secondary N) is 1. The Morgan fingerprint density at radius 1 is 1.39 bits per heavy atom. The Kier molecular flexibility index (Phi) is 5.42. The molecule has 4 heteroatoms. The van der Waals surface area contributed by atoms with E-state index in [2.05, 4.69) is 27.3 Å². The van der Waals surface area contributed by atoms with Crippen LogP contribution >= 0.6 is 0 Å². The average molecular weight is 249 g/mol. The van der Waals surface area contributed by atoms with Gasteiger partial charge in [-0.25, -0.2) is 0 Å². The molecule has 0 radical (unpaired) electrons. The van der Waals surface area contributed by atoms with Gasteiger partial charge >= 0.3 is 0 Å². The molecule has 1 N–H and O–H groups in total. The zero-order chi connectivity index (χ0) is 12.6. The van der Waals surface area contributed by atoms with Crippen LogP contribution in [0.25, 0.3) is 0 Å². The molecule has 2 rings (SSSR count). The monoisotopic (exact) mass is 249 g/mol. The van der Waals surface area contributed by atoms with E-state index in [1.54, 1.807) is 7.11 Å². The van der Waals surface area contributed by atoms with Crippen LogP contribution in [0.4, 0.5) is 5.69 Å². The van der Waals surface area contributed by atoms with Gasteiger partial charge in [-0.15, -0.1) is 0 Å². The fourth-order valence-electron chi connectivity index (χ4n) is 2.53. The van der Waals surface area contributed by atoms with Crippen molar-refractivity contribution in [3.05, 3.63) is 24.5 Å². The smallest absolute Gasteiger partial charge is 0.0587 e. The fraction of sp³-hybridized carbons (Fsp3) is 0.643. The minimum Gasteiger partial charge on any atom is -0.383 e. The summed E-state index contributed by atoms with van der Waals surface area (Å²) in [6.45, 7) is 3.89. The molecule has 1 saturated heterocycles. The third kappa shape index (κ3) is 3.68. The minimum absolute atomic E-state index is 0.595. The highest BCUT2D eigenvalue weighted by Crippen LogP contribution is 2.23. The van der Waals surface area contributed by atoms with E-state index in [9.17, 15) is 0 Å². The number of rotatable bonds is 6. The Labute approximate surface area is 109 Å². The van der Waals surface area contributed by atoms with E-state index in [-0.39, 0.29) is 0 Å². The molecule has 0 amide bonds. The number of hydrogen-bond donors (Lipinski definition) is 1. The molecule has 4 nitrogen and oxygen atoms in total. The molecule has 0 aromatic carbocycles. The lowest BCUT2D eigenvalue weighted by Gasteiger charge is -2.37. The average Bonchev–Trinajstić information content (AvgIpc) is 2.45. The number of aromatic nitrogens is 1. The van der Waals surface area contributed by atoms with Crippen LogP contribution in [0.5, 0.6) is 0 Å². The number of hydrogen-bond acceptors (Lipinski definition) is 4. The van der Waals surface area contributed by atoms with Crippen molar-refractivity contribution in [1.82, 2.24) is 10.3 Å². The summed E-state index contributed by atoms with van der Waals surface area (Å²) in [6.07, 6.45) is 7.64. The summed E-state index contributed by atoms with van der Waals surface area (Å²) in [7, 11) is 1.74. The zero-order valence-corrected chi connectivity index (χ0v) is 11.1. The van der Waals surface area contributed by atoms with Crippen molar-refractivity contribution in [2.75, 3.05) is 38.3 Å². The van der Waals surface area contributed by atoms with E-state index >= 15 is 0 Å². The van der Waals surface area contributed by atoms with Crippen LogP contribution in [-0.2, 0) is 4.74 Å². The summed E-state index contributed by atoms with van der Waals surface area (Å²) in [5.74, 6) is 0. The first-order valence-electron chi connectivity index (χ1n) is 6.78. The Balaban J connectivity index is 1.90. The second kappa shape index (κ2) is 7.34. The van der Waals surface area contributed by atoms with Gasteiger partial charge in [-0.2, -0.15) is 0 Å². The molecular formula is C14H23N3O. The number of ether oxygens (including phenoxy) is 1. The first-order chi connectivity index (χ1) is 8.92. The van der Waals surface area contributed by atoms with Gasteiger partial charge in [0.2, 0.25) is 0 Å². The number of anilines is 1. The highest BCUT2D eigenvalue weighted by atomic mass is 16.5. The molecule has 1 aromatic heterocycles. The summed E-state index contributed by atoms with van der Waals surface area (Å²) in [5, 5.41) is 3.47. The lowest BCUT2D eigenvalue weighted by molar-refractivity contribution is 0.198. The second-order valence-electron chi connectivity index (χ2n) is 4.75. The summed E-state index contributed by atoms with van der Waals surface area (Å²) in [4.78, 5) is 6.60.